The van der Waals surface area contributed by atoms with E-state index in [1.807, 2.05) is 26.8 Å². The van der Waals surface area contributed by atoms with Gasteiger partial charge in [0, 0.05) is 17.0 Å². The molecule has 0 amide bonds. The number of fused-ring (bicyclic) bond motifs is 1. The van der Waals surface area contributed by atoms with E-state index in [1.165, 1.54) is 11.3 Å². The molecule has 21 heavy (non-hydrogen) atoms. The van der Waals surface area contributed by atoms with Crippen LogP contribution in [-0.2, 0) is 6.54 Å². The highest BCUT2D eigenvalue weighted by Crippen LogP contribution is 2.24. The molecule has 3 rings (SSSR count). The molecule has 5 heteroatoms. The van der Waals surface area contributed by atoms with Gasteiger partial charge in [-0.2, -0.15) is 0 Å². The molecule has 0 aliphatic carbocycles. The third-order valence-electron chi connectivity index (χ3n) is 3.64. The van der Waals surface area contributed by atoms with E-state index in [2.05, 4.69) is 0 Å². The van der Waals surface area contributed by atoms with Gasteiger partial charge in [-0.15, -0.1) is 11.3 Å². The van der Waals surface area contributed by atoms with Crippen molar-refractivity contribution in [1.82, 2.24) is 4.57 Å². The maximum atomic E-state index is 12.5. The smallest absolute Gasteiger partial charge is 0.408 e. The third-order valence-corrected chi connectivity index (χ3v) is 4.79. The highest BCUT2D eigenvalue weighted by atomic mass is 32.1. The third kappa shape index (κ3) is 2.23. The molecule has 0 unspecified atom stereocenters. The van der Waals surface area contributed by atoms with Gasteiger partial charge in [-0.1, -0.05) is 0 Å². The molecule has 0 saturated carbocycles. The number of rotatable bonds is 3. The van der Waals surface area contributed by atoms with E-state index in [0.29, 0.717) is 22.6 Å². The molecular formula is C16H15NO3S. The van der Waals surface area contributed by atoms with Gasteiger partial charge in [0.25, 0.3) is 0 Å². The fraction of sp³-hybridized carbons (Fsp3) is 0.250. The number of hydrogen-bond donors (Lipinski definition) is 0. The molecule has 0 bridgehead atoms. The van der Waals surface area contributed by atoms with Crippen LogP contribution in [0.3, 0.4) is 0 Å². The van der Waals surface area contributed by atoms with E-state index in [1.54, 1.807) is 22.8 Å². The number of carbonyl (C=O) groups excluding carboxylic acids is 1. The number of nitrogens with zero attached hydrogens (tertiary/aromatic N) is 1. The Morgan fingerprint density at radius 2 is 2.05 bits per heavy atom. The van der Waals surface area contributed by atoms with Crippen molar-refractivity contribution >= 4 is 28.2 Å². The van der Waals surface area contributed by atoms with Crippen LogP contribution < -0.4 is 5.76 Å². The lowest BCUT2D eigenvalue weighted by Crippen LogP contribution is -2.11. The van der Waals surface area contributed by atoms with Gasteiger partial charge in [0.15, 0.2) is 5.58 Å². The Morgan fingerprint density at radius 3 is 2.67 bits per heavy atom. The minimum atomic E-state index is -0.389. The first-order chi connectivity index (χ1) is 10.0. The molecule has 0 aliphatic heterocycles. The molecule has 0 spiro atoms. The second-order valence-corrected chi connectivity index (χ2v) is 6.23. The fourth-order valence-electron chi connectivity index (χ4n) is 2.33. The number of aryl methyl sites for hydroxylation is 3. The molecular weight excluding hydrogens is 286 g/mol. The lowest BCUT2D eigenvalue weighted by Gasteiger charge is -1.99. The largest absolute Gasteiger partial charge is 0.419 e. The van der Waals surface area contributed by atoms with Crippen LogP contribution >= 0.6 is 11.3 Å². The predicted octanol–water partition coefficient (Wildman–Crippen LogP) is 3.52. The van der Waals surface area contributed by atoms with Crippen molar-refractivity contribution in [1.29, 1.82) is 0 Å². The highest BCUT2D eigenvalue weighted by Gasteiger charge is 2.15. The number of hydrogen-bond acceptors (Lipinski definition) is 4. The molecule has 0 N–H and O–H groups in total. The summed E-state index contributed by atoms with van der Waals surface area (Å²) in [5.41, 5.74) is 2.84. The molecule has 1 aromatic carbocycles. The van der Waals surface area contributed by atoms with Crippen LogP contribution in [0.4, 0.5) is 0 Å². The summed E-state index contributed by atoms with van der Waals surface area (Å²) >= 11 is 1.49. The normalized spacial score (nSPS) is 11.2. The Hall–Kier alpha value is -2.14. The standard InChI is InChI=1S/C16H15NO3S/c1-4-17-12-6-5-11(8-13(12)20-16(17)19)15(18)14-7-9(2)10(3)21-14/h5-8H,4H2,1-3H3. The molecule has 0 fully saturated rings. The molecule has 3 aromatic rings. The molecule has 2 aromatic heterocycles. The molecule has 0 atom stereocenters. The van der Waals surface area contributed by atoms with Crippen molar-refractivity contribution in [3.8, 4) is 0 Å². The van der Waals surface area contributed by atoms with Crippen LogP contribution in [0, 0.1) is 13.8 Å². The Balaban J connectivity index is 2.09. The van der Waals surface area contributed by atoms with Crippen molar-refractivity contribution in [2.75, 3.05) is 0 Å². The van der Waals surface area contributed by atoms with Crippen LogP contribution in [0.5, 0.6) is 0 Å². The van der Waals surface area contributed by atoms with Gasteiger partial charge < -0.3 is 4.42 Å². The number of oxazole rings is 1. The van der Waals surface area contributed by atoms with Crippen molar-refractivity contribution in [3.05, 3.63) is 55.7 Å². The predicted molar refractivity (Wildman–Crippen MR) is 83.4 cm³/mol. The summed E-state index contributed by atoms with van der Waals surface area (Å²) < 4.78 is 6.75. The SMILES string of the molecule is CCn1c(=O)oc2cc(C(=O)c3cc(C)c(C)s3)ccc21. The minimum Gasteiger partial charge on any atom is -0.408 e. The first-order valence-electron chi connectivity index (χ1n) is 6.76. The Labute approximate surface area is 125 Å². The average Bonchev–Trinajstić information content (AvgIpc) is 2.96. The number of benzene rings is 1. The van der Waals surface area contributed by atoms with Gasteiger partial charge in [-0.25, -0.2) is 4.79 Å². The molecule has 0 saturated heterocycles. The lowest BCUT2D eigenvalue weighted by atomic mass is 10.1. The first kappa shape index (κ1) is 13.8. The Morgan fingerprint density at radius 1 is 1.29 bits per heavy atom. The van der Waals surface area contributed by atoms with E-state index in [0.717, 1.165) is 16.0 Å². The second kappa shape index (κ2) is 5.00. The Kier molecular flexibility index (Phi) is 3.29. The lowest BCUT2D eigenvalue weighted by molar-refractivity contribution is 0.104. The van der Waals surface area contributed by atoms with Crippen LogP contribution in [0.15, 0.2) is 33.5 Å². The van der Waals surface area contributed by atoms with Crippen LogP contribution in [0.2, 0.25) is 0 Å². The minimum absolute atomic E-state index is 0.0370. The summed E-state index contributed by atoms with van der Waals surface area (Å²) in [6.45, 7) is 6.42. The molecule has 4 nitrogen and oxygen atoms in total. The van der Waals surface area contributed by atoms with E-state index in [-0.39, 0.29) is 11.5 Å². The number of carbonyl (C=O) groups is 1. The topological polar surface area (TPSA) is 52.2 Å². The van der Waals surface area contributed by atoms with Crippen molar-refractivity contribution in [2.24, 2.45) is 0 Å². The molecule has 108 valence electrons. The van der Waals surface area contributed by atoms with Gasteiger partial charge >= 0.3 is 5.76 Å². The van der Waals surface area contributed by atoms with Gasteiger partial charge in [0.2, 0.25) is 5.78 Å². The molecule has 2 heterocycles. The summed E-state index contributed by atoms with van der Waals surface area (Å²) in [5.74, 6) is -0.426. The summed E-state index contributed by atoms with van der Waals surface area (Å²) in [7, 11) is 0. The van der Waals surface area contributed by atoms with Crippen LogP contribution in [0.25, 0.3) is 11.1 Å². The molecule has 0 radical (unpaired) electrons. The fourth-order valence-corrected chi connectivity index (χ4v) is 3.33. The Bertz CT molecular complexity index is 879. The van der Waals surface area contributed by atoms with Crippen LogP contribution in [0.1, 0.15) is 32.6 Å². The maximum Gasteiger partial charge on any atom is 0.419 e. The number of ketones is 1. The number of aromatic nitrogens is 1. The summed E-state index contributed by atoms with van der Waals surface area (Å²) in [5, 5.41) is 0. The van der Waals surface area contributed by atoms with Gasteiger partial charge in [0.1, 0.15) is 0 Å². The summed E-state index contributed by atoms with van der Waals surface area (Å²) in [4.78, 5) is 26.0. The summed E-state index contributed by atoms with van der Waals surface area (Å²) in [6.07, 6.45) is 0. The zero-order valence-electron chi connectivity index (χ0n) is 12.1. The van der Waals surface area contributed by atoms with Crippen molar-refractivity contribution in [3.63, 3.8) is 0 Å². The zero-order valence-corrected chi connectivity index (χ0v) is 12.9. The molecule has 0 aliphatic rings. The van der Waals surface area contributed by atoms with E-state index in [9.17, 15) is 9.59 Å². The quantitative estimate of drug-likeness (QED) is 0.695. The maximum absolute atomic E-state index is 12.5. The monoisotopic (exact) mass is 301 g/mol. The van der Waals surface area contributed by atoms with Gasteiger partial charge in [0.05, 0.1) is 10.4 Å². The first-order valence-corrected chi connectivity index (χ1v) is 7.58. The van der Waals surface area contributed by atoms with E-state index >= 15 is 0 Å². The van der Waals surface area contributed by atoms with Crippen molar-refractivity contribution < 1.29 is 9.21 Å². The second-order valence-electron chi connectivity index (χ2n) is 4.97. The van der Waals surface area contributed by atoms with E-state index < -0.39 is 0 Å². The zero-order chi connectivity index (χ0) is 15.1. The van der Waals surface area contributed by atoms with Gasteiger partial charge in [-0.05, 0) is 50.6 Å². The van der Waals surface area contributed by atoms with Gasteiger partial charge in [-0.3, -0.25) is 9.36 Å². The highest BCUT2D eigenvalue weighted by molar-refractivity contribution is 7.14. The van der Waals surface area contributed by atoms with Crippen molar-refractivity contribution in [2.45, 2.75) is 27.3 Å². The van der Waals surface area contributed by atoms with E-state index in [4.69, 9.17) is 4.42 Å². The van der Waals surface area contributed by atoms with Crippen LogP contribution in [-0.4, -0.2) is 10.4 Å². The number of thiophene rings is 1. The average molecular weight is 301 g/mol. The summed E-state index contributed by atoms with van der Waals surface area (Å²) in [6, 6.07) is 7.07.